The predicted octanol–water partition coefficient (Wildman–Crippen LogP) is -2.29. The van der Waals surface area contributed by atoms with Gasteiger partial charge in [-0.2, -0.15) is 12.6 Å². The molecule has 10 N–H and O–H groups in total. The van der Waals surface area contributed by atoms with Gasteiger partial charge in [-0.3, -0.25) is 19.4 Å². The Hall–Kier alpha value is -3.32. The van der Waals surface area contributed by atoms with E-state index < -0.39 is 48.4 Å². The first-order chi connectivity index (χ1) is 15.6. The molecule has 0 bridgehead atoms. The minimum Gasteiger partial charge on any atom is -0.480 e. The second-order valence-electron chi connectivity index (χ2n) is 7.16. The zero-order valence-electron chi connectivity index (χ0n) is 18.1. The highest BCUT2D eigenvalue weighted by molar-refractivity contribution is 7.80. The molecule has 0 heterocycles. The van der Waals surface area contributed by atoms with Gasteiger partial charge in [-0.1, -0.05) is 30.3 Å². The van der Waals surface area contributed by atoms with E-state index in [4.69, 9.17) is 17.2 Å². The van der Waals surface area contributed by atoms with Gasteiger partial charge in [-0.25, -0.2) is 4.79 Å². The molecule has 0 spiro atoms. The number of guanidine groups is 1. The lowest BCUT2D eigenvalue weighted by Crippen LogP contribution is -2.54. The van der Waals surface area contributed by atoms with Gasteiger partial charge in [0.1, 0.15) is 12.1 Å². The van der Waals surface area contributed by atoms with Gasteiger partial charge in [0.15, 0.2) is 5.96 Å². The largest absolute Gasteiger partial charge is 0.480 e. The maximum Gasteiger partial charge on any atom is 0.326 e. The summed E-state index contributed by atoms with van der Waals surface area (Å²) in [6.45, 7) is -0.154. The minimum absolute atomic E-state index is 0.0360. The maximum atomic E-state index is 12.3. The van der Waals surface area contributed by atoms with Crippen LogP contribution in [0.25, 0.3) is 0 Å². The Labute approximate surface area is 197 Å². The van der Waals surface area contributed by atoms with Gasteiger partial charge in [-0.15, -0.1) is 0 Å². The van der Waals surface area contributed by atoms with Crippen molar-refractivity contribution in [1.29, 1.82) is 0 Å². The minimum atomic E-state index is -1.20. The van der Waals surface area contributed by atoms with E-state index in [-0.39, 0.29) is 18.1 Å². The van der Waals surface area contributed by atoms with Crippen molar-refractivity contribution in [2.75, 3.05) is 18.8 Å². The molecule has 3 unspecified atom stereocenters. The topological polar surface area (TPSA) is 215 Å². The van der Waals surface area contributed by atoms with Gasteiger partial charge < -0.3 is 38.3 Å². The van der Waals surface area contributed by atoms with E-state index in [0.29, 0.717) is 19.4 Å². The summed E-state index contributed by atoms with van der Waals surface area (Å²) in [5, 5.41) is 16.5. The lowest BCUT2D eigenvalue weighted by Gasteiger charge is -2.19. The molecule has 12 nitrogen and oxygen atoms in total. The fourth-order valence-corrected chi connectivity index (χ4v) is 2.97. The number of benzene rings is 1. The molecule has 182 valence electrons. The number of nitrogens with zero attached hydrogens (tertiary/aromatic N) is 1. The van der Waals surface area contributed by atoms with Gasteiger partial charge >= 0.3 is 5.97 Å². The molecule has 1 rings (SSSR count). The lowest BCUT2D eigenvalue weighted by molar-refractivity contribution is -0.141. The van der Waals surface area contributed by atoms with Crippen LogP contribution < -0.4 is 33.2 Å². The summed E-state index contributed by atoms with van der Waals surface area (Å²) in [7, 11) is 0. The highest BCUT2D eigenvalue weighted by Gasteiger charge is 2.24. The second-order valence-corrected chi connectivity index (χ2v) is 7.53. The number of aliphatic carboxylic acids is 1. The molecule has 0 radical (unpaired) electrons. The van der Waals surface area contributed by atoms with Crippen LogP contribution in [0.2, 0.25) is 0 Å². The van der Waals surface area contributed by atoms with Crippen LogP contribution >= 0.6 is 12.6 Å². The van der Waals surface area contributed by atoms with E-state index in [1.807, 2.05) is 0 Å². The number of aliphatic imine (C=N–C) groups is 1. The Morgan fingerprint density at radius 3 is 2.27 bits per heavy atom. The van der Waals surface area contributed by atoms with E-state index in [1.54, 1.807) is 30.3 Å². The number of carboxylic acid groups (broad SMARTS) is 1. The SMILES string of the molecule is NC(N)=NCCCC(N)C(=O)NC(CS)C(=O)NCC(=O)NC(Cc1ccccc1)C(=O)O. The summed E-state index contributed by atoms with van der Waals surface area (Å²) < 4.78 is 0. The van der Waals surface area contributed by atoms with Crippen molar-refractivity contribution in [3.63, 3.8) is 0 Å². The van der Waals surface area contributed by atoms with Gasteiger partial charge in [0.2, 0.25) is 17.7 Å². The van der Waals surface area contributed by atoms with Gasteiger partial charge in [0.25, 0.3) is 0 Å². The zero-order valence-corrected chi connectivity index (χ0v) is 19.0. The van der Waals surface area contributed by atoms with E-state index >= 15 is 0 Å². The number of nitrogens with two attached hydrogens (primary N) is 3. The normalized spacial score (nSPS) is 13.2. The summed E-state index contributed by atoms with van der Waals surface area (Å²) in [5.41, 5.74) is 17.0. The van der Waals surface area contributed by atoms with Crippen molar-refractivity contribution < 1.29 is 24.3 Å². The van der Waals surface area contributed by atoms with Crippen LogP contribution in [0.1, 0.15) is 18.4 Å². The first-order valence-electron chi connectivity index (χ1n) is 10.2. The predicted molar refractivity (Wildman–Crippen MR) is 126 cm³/mol. The summed E-state index contributed by atoms with van der Waals surface area (Å²) in [6, 6.07) is 5.74. The third-order valence-electron chi connectivity index (χ3n) is 4.46. The Bertz CT molecular complexity index is 833. The fourth-order valence-electron chi connectivity index (χ4n) is 2.71. The monoisotopic (exact) mass is 481 g/mol. The molecule has 33 heavy (non-hydrogen) atoms. The quantitative estimate of drug-likeness (QED) is 0.0624. The zero-order chi connectivity index (χ0) is 24.8. The number of carbonyl (C=O) groups excluding carboxylic acids is 3. The van der Waals surface area contributed by atoms with Crippen molar-refractivity contribution in [3.05, 3.63) is 35.9 Å². The Balaban J connectivity index is 2.49. The third kappa shape index (κ3) is 11.2. The number of thiol groups is 1. The van der Waals surface area contributed by atoms with Crippen molar-refractivity contribution in [2.24, 2.45) is 22.2 Å². The number of nitrogens with one attached hydrogen (secondary N) is 3. The van der Waals surface area contributed by atoms with E-state index in [9.17, 15) is 24.3 Å². The molecule has 0 saturated heterocycles. The third-order valence-corrected chi connectivity index (χ3v) is 4.82. The first-order valence-corrected chi connectivity index (χ1v) is 10.8. The molecule has 0 aromatic heterocycles. The molecule has 1 aromatic rings. The standard InChI is InChI=1S/C20H31N7O5S/c21-13(7-4-8-24-20(22)23)17(29)27-15(11-33)18(30)25-10-16(28)26-14(19(31)32)9-12-5-2-1-3-6-12/h1-3,5-6,13-15,33H,4,7-11,21H2,(H,25,30)(H,26,28)(H,27,29)(H,31,32)(H4,22,23,24). The molecule has 13 heteroatoms. The van der Waals surface area contributed by atoms with Crippen LogP contribution in [0.4, 0.5) is 0 Å². The molecule has 1 aromatic carbocycles. The van der Waals surface area contributed by atoms with Crippen LogP contribution in [0.5, 0.6) is 0 Å². The number of carboxylic acids is 1. The summed E-state index contributed by atoms with van der Waals surface area (Å²) in [6.07, 6.45) is 0.855. The van der Waals surface area contributed by atoms with Gasteiger partial charge in [0, 0.05) is 18.7 Å². The van der Waals surface area contributed by atoms with Crippen molar-refractivity contribution >= 4 is 42.3 Å². The molecular weight excluding hydrogens is 450 g/mol. The molecular formula is C20H31N7O5S. The van der Waals surface area contributed by atoms with Gasteiger partial charge in [0.05, 0.1) is 12.6 Å². The molecule has 0 aliphatic rings. The maximum absolute atomic E-state index is 12.3. The molecule has 3 atom stereocenters. The van der Waals surface area contributed by atoms with E-state index in [0.717, 1.165) is 5.56 Å². The van der Waals surface area contributed by atoms with Crippen molar-refractivity contribution in [3.8, 4) is 0 Å². The average molecular weight is 482 g/mol. The molecule has 0 aliphatic carbocycles. The summed E-state index contributed by atoms with van der Waals surface area (Å²) in [5.74, 6) is -3.20. The highest BCUT2D eigenvalue weighted by atomic mass is 32.1. The van der Waals surface area contributed by atoms with Crippen molar-refractivity contribution in [1.82, 2.24) is 16.0 Å². The van der Waals surface area contributed by atoms with Crippen LogP contribution in [0, 0.1) is 0 Å². The highest BCUT2D eigenvalue weighted by Crippen LogP contribution is 2.03. The smallest absolute Gasteiger partial charge is 0.326 e. The molecule has 0 saturated carbocycles. The first kappa shape index (κ1) is 27.7. The van der Waals surface area contributed by atoms with Crippen LogP contribution in [-0.4, -0.2) is 71.7 Å². The number of carbonyl (C=O) groups is 4. The number of amides is 3. The summed E-state index contributed by atoms with van der Waals surface area (Å²) in [4.78, 5) is 51.9. The lowest BCUT2D eigenvalue weighted by atomic mass is 10.1. The Morgan fingerprint density at radius 1 is 1.03 bits per heavy atom. The van der Waals surface area contributed by atoms with Crippen LogP contribution in [0.15, 0.2) is 35.3 Å². The van der Waals surface area contributed by atoms with E-state index in [1.165, 1.54) is 0 Å². The molecule has 3 amide bonds. The average Bonchev–Trinajstić information content (AvgIpc) is 2.78. The number of hydrogen-bond donors (Lipinski definition) is 8. The van der Waals surface area contributed by atoms with Crippen molar-refractivity contribution in [2.45, 2.75) is 37.4 Å². The Morgan fingerprint density at radius 2 is 1.70 bits per heavy atom. The molecule has 0 aliphatic heterocycles. The molecule has 0 fully saturated rings. The number of rotatable bonds is 14. The van der Waals surface area contributed by atoms with Gasteiger partial charge in [-0.05, 0) is 18.4 Å². The Kier molecular flexibility index (Phi) is 12.3. The second kappa shape index (κ2) is 14.7. The fraction of sp³-hybridized carbons (Fsp3) is 0.450. The summed E-state index contributed by atoms with van der Waals surface area (Å²) >= 11 is 4.05. The number of hydrogen-bond acceptors (Lipinski definition) is 7. The van der Waals surface area contributed by atoms with Crippen LogP contribution in [0.3, 0.4) is 0 Å². The van der Waals surface area contributed by atoms with E-state index in [2.05, 4.69) is 33.6 Å². The van der Waals surface area contributed by atoms with Crippen LogP contribution in [-0.2, 0) is 25.6 Å².